The monoisotopic (exact) mass is 201 g/mol. The molecule has 0 spiro atoms. The maximum Gasteiger partial charge on any atom is 0.0931 e. The van der Waals surface area contributed by atoms with Crippen molar-refractivity contribution in [3.63, 3.8) is 0 Å². The lowest BCUT2D eigenvalue weighted by Gasteiger charge is -2.03. The number of aromatic nitrogens is 2. The molecule has 1 aliphatic rings. The standard InChI is InChI=1S/C12H15N3/c1-2-9(1)6-13-7-10-3-4-11-12(5-10)15-8-14-11/h3-5,8-9,13H,1-2,6-7H2,(H,14,15). The van der Waals surface area contributed by atoms with Crippen molar-refractivity contribution in [2.45, 2.75) is 19.4 Å². The number of nitrogens with zero attached hydrogens (tertiary/aromatic N) is 1. The highest BCUT2D eigenvalue weighted by atomic mass is 14.9. The summed E-state index contributed by atoms with van der Waals surface area (Å²) in [7, 11) is 0. The van der Waals surface area contributed by atoms with Crippen LogP contribution < -0.4 is 5.32 Å². The van der Waals surface area contributed by atoms with Crippen molar-refractivity contribution < 1.29 is 0 Å². The first-order valence-corrected chi connectivity index (χ1v) is 5.54. The average molecular weight is 201 g/mol. The Balaban J connectivity index is 1.67. The van der Waals surface area contributed by atoms with Crippen molar-refractivity contribution in [1.82, 2.24) is 15.3 Å². The van der Waals surface area contributed by atoms with E-state index in [1.165, 1.54) is 24.9 Å². The van der Waals surface area contributed by atoms with Crippen molar-refractivity contribution in [1.29, 1.82) is 0 Å². The Morgan fingerprint density at radius 2 is 2.33 bits per heavy atom. The summed E-state index contributed by atoms with van der Waals surface area (Å²) < 4.78 is 0. The third kappa shape index (κ3) is 2.02. The molecule has 0 unspecified atom stereocenters. The molecule has 3 heteroatoms. The highest BCUT2D eigenvalue weighted by molar-refractivity contribution is 5.74. The summed E-state index contributed by atoms with van der Waals surface area (Å²) in [4.78, 5) is 7.33. The molecule has 1 heterocycles. The number of rotatable bonds is 4. The minimum absolute atomic E-state index is 0.945. The predicted octanol–water partition coefficient (Wildman–Crippen LogP) is 2.06. The fourth-order valence-electron chi connectivity index (χ4n) is 1.84. The van der Waals surface area contributed by atoms with Gasteiger partial charge in [-0.05, 0) is 43.0 Å². The minimum Gasteiger partial charge on any atom is -0.345 e. The Kier molecular flexibility index (Phi) is 2.18. The molecule has 1 saturated carbocycles. The zero-order valence-electron chi connectivity index (χ0n) is 8.66. The van der Waals surface area contributed by atoms with E-state index in [2.05, 4.69) is 33.5 Å². The first-order valence-electron chi connectivity index (χ1n) is 5.54. The Hall–Kier alpha value is -1.35. The van der Waals surface area contributed by atoms with E-state index in [-0.39, 0.29) is 0 Å². The second kappa shape index (κ2) is 3.66. The summed E-state index contributed by atoms with van der Waals surface area (Å²) >= 11 is 0. The number of aromatic amines is 1. The lowest BCUT2D eigenvalue weighted by atomic mass is 10.2. The fraction of sp³-hybridized carbons (Fsp3) is 0.417. The van der Waals surface area contributed by atoms with Gasteiger partial charge in [-0.25, -0.2) is 4.98 Å². The van der Waals surface area contributed by atoms with Crippen molar-refractivity contribution in [3.05, 3.63) is 30.1 Å². The molecular weight excluding hydrogens is 186 g/mol. The summed E-state index contributed by atoms with van der Waals surface area (Å²) in [5.74, 6) is 0.945. The molecule has 0 bridgehead atoms. The fourth-order valence-corrected chi connectivity index (χ4v) is 1.84. The van der Waals surface area contributed by atoms with Crippen LogP contribution in [0.1, 0.15) is 18.4 Å². The van der Waals surface area contributed by atoms with Crippen LogP contribution in [-0.2, 0) is 6.54 Å². The van der Waals surface area contributed by atoms with Gasteiger partial charge >= 0.3 is 0 Å². The SMILES string of the molecule is c1nc2ccc(CNCC3CC3)cc2[nH]1. The van der Waals surface area contributed by atoms with Gasteiger partial charge in [-0.3, -0.25) is 0 Å². The number of fused-ring (bicyclic) bond motifs is 1. The molecule has 3 nitrogen and oxygen atoms in total. The first-order chi connectivity index (χ1) is 7.42. The molecule has 1 aromatic heterocycles. The molecule has 0 saturated heterocycles. The van der Waals surface area contributed by atoms with Crippen LogP contribution in [0.25, 0.3) is 11.0 Å². The van der Waals surface area contributed by atoms with E-state index < -0.39 is 0 Å². The number of H-pyrrole nitrogens is 1. The van der Waals surface area contributed by atoms with Crippen molar-refractivity contribution >= 4 is 11.0 Å². The molecule has 3 rings (SSSR count). The van der Waals surface area contributed by atoms with Gasteiger partial charge in [-0.1, -0.05) is 6.07 Å². The number of benzene rings is 1. The number of hydrogen-bond donors (Lipinski definition) is 2. The molecule has 0 aliphatic heterocycles. The third-order valence-electron chi connectivity index (χ3n) is 2.94. The minimum atomic E-state index is 0.945. The van der Waals surface area contributed by atoms with Crippen molar-refractivity contribution in [3.8, 4) is 0 Å². The van der Waals surface area contributed by atoms with Gasteiger partial charge in [0.2, 0.25) is 0 Å². The van der Waals surface area contributed by atoms with Crippen LogP contribution in [0.5, 0.6) is 0 Å². The van der Waals surface area contributed by atoms with Crippen LogP contribution in [0.4, 0.5) is 0 Å². The highest BCUT2D eigenvalue weighted by Crippen LogP contribution is 2.27. The maximum atomic E-state index is 4.20. The summed E-state index contributed by atoms with van der Waals surface area (Å²) in [6.45, 7) is 2.13. The normalized spacial score (nSPS) is 16.0. The smallest absolute Gasteiger partial charge is 0.0931 e. The topological polar surface area (TPSA) is 40.7 Å². The van der Waals surface area contributed by atoms with Crippen LogP contribution in [0.15, 0.2) is 24.5 Å². The van der Waals surface area contributed by atoms with Gasteiger partial charge in [0.15, 0.2) is 0 Å². The summed E-state index contributed by atoms with van der Waals surface area (Å²) in [6.07, 6.45) is 4.56. The van der Waals surface area contributed by atoms with E-state index >= 15 is 0 Å². The molecule has 0 radical (unpaired) electrons. The Morgan fingerprint density at radius 3 is 3.20 bits per heavy atom. The van der Waals surface area contributed by atoms with Crippen molar-refractivity contribution in [2.75, 3.05) is 6.54 Å². The van der Waals surface area contributed by atoms with Gasteiger partial charge in [-0.2, -0.15) is 0 Å². The van der Waals surface area contributed by atoms with E-state index in [0.717, 1.165) is 23.5 Å². The van der Waals surface area contributed by atoms with Crippen LogP contribution >= 0.6 is 0 Å². The lowest BCUT2D eigenvalue weighted by molar-refractivity contribution is 0.639. The molecule has 15 heavy (non-hydrogen) atoms. The summed E-state index contributed by atoms with van der Waals surface area (Å²) in [6, 6.07) is 6.38. The molecule has 2 aromatic rings. The van der Waals surface area contributed by atoms with E-state index in [1.807, 2.05) is 0 Å². The van der Waals surface area contributed by atoms with E-state index in [4.69, 9.17) is 0 Å². The first kappa shape index (κ1) is 8.92. The zero-order valence-corrected chi connectivity index (χ0v) is 8.66. The molecule has 1 aromatic carbocycles. The van der Waals surface area contributed by atoms with E-state index in [0.29, 0.717) is 0 Å². The summed E-state index contributed by atoms with van der Waals surface area (Å²) in [5, 5.41) is 3.49. The molecule has 0 amide bonds. The second-order valence-electron chi connectivity index (χ2n) is 4.33. The highest BCUT2D eigenvalue weighted by Gasteiger charge is 2.19. The van der Waals surface area contributed by atoms with Gasteiger partial charge in [0.25, 0.3) is 0 Å². The van der Waals surface area contributed by atoms with E-state index in [9.17, 15) is 0 Å². The van der Waals surface area contributed by atoms with Gasteiger partial charge in [0.1, 0.15) is 0 Å². The van der Waals surface area contributed by atoms with Gasteiger partial charge in [0, 0.05) is 6.54 Å². The second-order valence-corrected chi connectivity index (χ2v) is 4.33. The number of nitrogens with one attached hydrogen (secondary N) is 2. The van der Waals surface area contributed by atoms with Gasteiger partial charge in [-0.15, -0.1) is 0 Å². The summed E-state index contributed by atoms with van der Waals surface area (Å²) in [5.41, 5.74) is 3.49. The van der Waals surface area contributed by atoms with Crippen LogP contribution in [0, 0.1) is 5.92 Å². The maximum absolute atomic E-state index is 4.20. The average Bonchev–Trinajstić information content (AvgIpc) is 2.95. The van der Waals surface area contributed by atoms with Crippen molar-refractivity contribution in [2.24, 2.45) is 5.92 Å². The number of hydrogen-bond acceptors (Lipinski definition) is 2. The molecular formula is C12H15N3. The van der Waals surface area contributed by atoms with Crippen LogP contribution in [0.2, 0.25) is 0 Å². The lowest BCUT2D eigenvalue weighted by Crippen LogP contribution is -2.15. The molecule has 78 valence electrons. The number of imidazole rings is 1. The molecule has 2 N–H and O–H groups in total. The molecule has 1 fully saturated rings. The predicted molar refractivity (Wildman–Crippen MR) is 60.5 cm³/mol. The Morgan fingerprint density at radius 1 is 1.40 bits per heavy atom. The third-order valence-corrected chi connectivity index (χ3v) is 2.94. The Bertz CT molecular complexity index is 457. The Labute approximate surface area is 88.9 Å². The van der Waals surface area contributed by atoms with Gasteiger partial charge < -0.3 is 10.3 Å². The van der Waals surface area contributed by atoms with Crippen LogP contribution in [0.3, 0.4) is 0 Å². The van der Waals surface area contributed by atoms with Gasteiger partial charge in [0.05, 0.1) is 17.4 Å². The van der Waals surface area contributed by atoms with Crippen LogP contribution in [-0.4, -0.2) is 16.5 Å². The quantitative estimate of drug-likeness (QED) is 0.795. The molecule has 1 aliphatic carbocycles. The molecule has 0 atom stereocenters. The van der Waals surface area contributed by atoms with E-state index in [1.54, 1.807) is 6.33 Å². The largest absolute Gasteiger partial charge is 0.345 e. The zero-order chi connectivity index (χ0) is 10.1.